The third-order valence-electron chi connectivity index (χ3n) is 2.73. The molecule has 0 atom stereocenters. The number of methoxy groups -OCH3 is 3. The molecular formula is C15H23N3O3. The van der Waals surface area contributed by atoms with Gasteiger partial charge in [-0.2, -0.15) is 0 Å². The first kappa shape index (κ1) is 16.7. The lowest BCUT2D eigenvalue weighted by molar-refractivity contribution is 0.324. The van der Waals surface area contributed by atoms with Crippen molar-refractivity contribution in [2.45, 2.75) is 13.5 Å². The number of nitrogens with zero attached hydrogens (tertiary/aromatic N) is 1. The quantitative estimate of drug-likeness (QED) is 0.454. The summed E-state index contributed by atoms with van der Waals surface area (Å²) in [6.45, 7) is 6.72. The van der Waals surface area contributed by atoms with Crippen molar-refractivity contribution in [2.24, 2.45) is 10.7 Å². The largest absolute Gasteiger partial charge is 0.493 e. The Balaban J connectivity index is 2.88. The van der Waals surface area contributed by atoms with Crippen LogP contribution in [0.15, 0.2) is 29.3 Å². The van der Waals surface area contributed by atoms with Crippen molar-refractivity contribution in [3.05, 3.63) is 29.8 Å². The second-order valence-electron chi connectivity index (χ2n) is 4.55. The van der Waals surface area contributed by atoms with Gasteiger partial charge in [-0.15, -0.1) is 0 Å². The summed E-state index contributed by atoms with van der Waals surface area (Å²) in [4.78, 5) is 4.26. The highest BCUT2D eigenvalue weighted by Gasteiger charge is 2.12. The molecule has 0 aliphatic carbocycles. The number of ether oxygens (including phenoxy) is 3. The Bertz CT molecular complexity index is 502. The highest BCUT2D eigenvalue weighted by atomic mass is 16.5. The Kier molecular flexibility index (Phi) is 6.39. The van der Waals surface area contributed by atoms with Crippen LogP contribution in [-0.2, 0) is 6.54 Å². The fraction of sp³-hybridized carbons (Fsp3) is 0.400. The Hall–Kier alpha value is -2.37. The Morgan fingerprint density at radius 3 is 2.19 bits per heavy atom. The van der Waals surface area contributed by atoms with Crippen molar-refractivity contribution in [2.75, 3.05) is 27.9 Å². The average Bonchev–Trinajstić information content (AvgIpc) is 2.49. The zero-order chi connectivity index (χ0) is 15.8. The number of nitrogens with one attached hydrogen (secondary N) is 1. The number of guanidine groups is 1. The SMILES string of the molecule is C=C(C)CNC(N)=NCc1cc(OC)c(OC)c(OC)c1. The second-order valence-corrected chi connectivity index (χ2v) is 4.55. The summed E-state index contributed by atoms with van der Waals surface area (Å²) in [5.41, 5.74) is 7.67. The van der Waals surface area contributed by atoms with E-state index < -0.39 is 0 Å². The van der Waals surface area contributed by atoms with Crippen LogP contribution in [0.25, 0.3) is 0 Å². The summed E-state index contributed by atoms with van der Waals surface area (Å²) in [5, 5.41) is 2.97. The van der Waals surface area contributed by atoms with Gasteiger partial charge in [0.15, 0.2) is 17.5 Å². The van der Waals surface area contributed by atoms with Gasteiger partial charge in [0.1, 0.15) is 0 Å². The van der Waals surface area contributed by atoms with Gasteiger partial charge in [0, 0.05) is 6.54 Å². The lowest BCUT2D eigenvalue weighted by atomic mass is 10.2. The fourth-order valence-corrected chi connectivity index (χ4v) is 1.70. The van der Waals surface area contributed by atoms with Crippen molar-refractivity contribution < 1.29 is 14.2 Å². The molecule has 0 saturated carbocycles. The van der Waals surface area contributed by atoms with E-state index in [4.69, 9.17) is 19.9 Å². The van der Waals surface area contributed by atoms with E-state index in [1.807, 2.05) is 19.1 Å². The summed E-state index contributed by atoms with van der Waals surface area (Å²) in [6, 6.07) is 3.69. The van der Waals surface area contributed by atoms with Gasteiger partial charge in [-0.05, 0) is 24.6 Å². The van der Waals surface area contributed by atoms with Crippen molar-refractivity contribution in [3.8, 4) is 17.2 Å². The Morgan fingerprint density at radius 1 is 1.19 bits per heavy atom. The molecular weight excluding hydrogens is 270 g/mol. The number of benzene rings is 1. The van der Waals surface area contributed by atoms with Gasteiger partial charge >= 0.3 is 0 Å². The molecule has 0 fully saturated rings. The minimum absolute atomic E-state index is 0.367. The summed E-state index contributed by atoms with van der Waals surface area (Å²) >= 11 is 0. The summed E-state index contributed by atoms with van der Waals surface area (Å²) in [6.07, 6.45) is 0. The highest BCUT2D eigenvalue weighted by Crippen LogP contribution is 2.38. The number of nitrogens with two attached hydrogens (primary N) is 1. The number of rotatable bonds is 7. The summed E-state index contributed by atoms with van der Waals surface area (Å²) < 4.78 is 15.9. The number of aliphatic imine (C=N–C) groups is 1. The number of hydrogen-bond acceptors (Lipinski definition) is 4. The molecule has 0 aliphatic heterocycles. The molecule has 0 bridgehead atoms. The van der Waals surface area contributed by atoms with Gasteiger partial charge in [-0.1, -0.05) is 12.2 Å². The minimum Gasteiger partial charge on any atom is -0.493 e. The maximum atomic E-state index is 5.78. The molecule has 6 nitrogen and oxygen atoms in total. The normalized spacial score (nSPS) is 11.0. The van der Waals surface area contributed by atoms with Crippen LogP contribution in [0.2, 0.25) is 0 Å². The maximum absolute atomic E-state index is 5.78. The molecule has 0 amide bonds. The van der Waals surface area contributed by atoms with Crippen molar-refractivity contribution in [1.29, 1.82) is 0 Å². The van der Waals surface area contributed by atoms with Crippen LogP contribution in [0.3, 0.4) is 0 Å². The molecule has 0 heterocycles. The van der Waals surface area contributed by atoms with Crippen LogP contribution in [0.1, 0.15) is 12.5 Å². The standard InChI is InChI=1S/C15H23N3O3/c1-10(2)8-17-15(16)18-9-11-6-12(19-3)14(21-5)13(7-11)20-4/h6-7H,1,8-9H2,2-5H3,(H3,16,17,18). The molecule has 0 unspecified atom stereocenters. The van der Waals surface area contributed by atoms with Gasteiger partial charge in [0.25, 0.3) is 0 Å². The molecule has 0 spiro atoms. The van der Waals surface area contributed by atoms with Gasteiger partial charge in [-0.3, -0.25) is 0 Å². The first-order valence-electron chi connectivity index (χ1n) is 6.48. The molecule has 1 aromatic rings. The first-order chi connectivity index (χ1) is 10.0. The second kappa shape index (κ2) is 8.04. The zero-order valence-corrected chi connectivity index (χ0v) is 13.0. The molecule has 0 aromatic heterocycles. The molecule has 0 saturated heterocycles. The van der Waals surface area contributed by atoms with E-state index in [0.717, 1.165) is 11.1 Å². The molecule has 0 radical (unpaired) electrons. The summed E-state index contributed by atoms with van der Waals surface area (Å²) in [7, 11) is 4.72. The average molecular weight is 293 g/mol. The predicted molar refractivity (Wildman–Crippen MR) is 84.2 cm³/mol. The van der Waals surface area contributed by atoms with E-state index in [1.54, 1.807) is 21.3 Å². The third-order valence-corrected chi connectivity index (χ3v) is 2.73. The molecule has 0 aliphatic rings. The van der Waals surface area contributed by atoms with E-state index in [9.17, 15) is 0 Å². The molecule has 116 valence electrons. The monoisotopic (exact) mass is 293 g/mol. The van der Waals surface area contributed by atoms with Crippen LogP contribution in [0.4, 0.5) is 0 Å². The first-order valence-corrected chi connectivity index (χ1v) is 6.48. The van der Waals surface area contributed by atoms with Crippen molar-refractivity contribution in [1.82, 2.24) is 5.32 Å². The molecule has 6 heteroatoms. The Morgan fingerprint density at radius 2 is 1.76 bits per heavy atom. The lowest BCUT2D eigenvalue weighted by Crippen LogP contribution is -2.32. The zero-order valence-electron chi connectivity index (χ0n) is 13.0. The van der Waals surface area contributed by atoms with Gasteiger partial charge in [-0.25, -0.2) is 4.99 Å². The lowest BCUT2D eigenvalue weighted by Gasteiger charge is -2.13. The smallest absolute Gasteiger partial charge is 0.203 e. The van der Waals surface area contributed by atoms with Gasteiger partial charge in [0.2, 0.25) is 5.75 Å². The van der Waals surface area contributed by atoms with E-state index in [2.05, 4.69) is 16.9 Å². The molecule has 1 rings (SSSR count). The maximum Gasteiger partial charge on any atom is 0.203 e. The fourth-order valence-electron chi connectivity index (χ4n) is 1.70. The van der Waals surface area contributed by atoms with Crippen LogP contribution in [0.5, 0.6) is 17.2 Å². The van der Waals surface area contributed by atoms with E-state index in [1.165, 1.54) is 0 Å². The van der Waals surface area contributed by atoms with Crippen molar-refractivity contribution >= 4 is 5.96 Å². The van der Waals surface area contributed by atoms with Crippen molar-refractivity contribution in [3.63, 3.8) is 0 Å². The minimum atomic E-state index is 0.367. The molecule has 3 N–H and O–H groups in total. The molecule has 21 heavy (non-hydrogen) atoms. The third kappa shape index (κ3) is 4.91. The van der Waals surface area contributed by atoms with E-state index in [-0.39, 0.29) is 0 Å². The van der Waals surface area contributed by atoms with Crippen LogP contribution in [0, 0.1) is 0 Å². The summed E-state index contributed by atoms with van der Waals surface area (Å²) in [5.74, 6) is 2.11. The van der Waals surface area contributed by atoms with E-state index >= 15 is 0 Å². The van der Waals surface area contributed by atoms with Crippen LogP contribution < -0.4 is 25.3 Å². The van der Waals surface area contributed by atoms with Crippen LogP contribution in [-0.4, -0.2) is 33.8 Å². The topological polar surface area (TPSA) is 78.1 Å². The highest BCUT2D eigenvalue weighted by molar-refractivity contribution is 5.78. The number of hydrogen-bond donors (Lipinski definition) is 2. The van der Waals surface area contributed by atoms with Crippen LogP contribution >= 0.6 is 0 Å². The van der Waals surface area contributed by atoms with Gasteiger partial charge in [0.05, 0.1) is 27.9 Å². The van der Waals surface area contributed by atoms with Gasteiger partial charge < -0.3 is 25.3 Å². The molecule has 1 aromatic carbocycles. The Labute approximate surface area is 125 Å². The predicted octanol–water partition coefficient (Wildman–Crippen LogP) is 1.69. The van der Waals surface area contributed by atoms with E-state index in [0.29, 0.717) is 36.3 Å².